The van der Waals surface area contributed by atoms with Crippen molar-refractivity contribution in [2.75, 3.05) is 0 Å². The fourth-order valence-corrected chi connectivity index (χ4v) is 5.70. The maximum atomic E-state index is 14.0. The Labute approximate surface area is 255 Å². The standard InChI is InChI=1S/C34H27BrN4O4/c1-21-29(32(40)38(36-21)26-12-5-3-6-13-26)31(30-22(2)37-39(33(30)41)27-14-7-4-8-15-27)23-16-18-28(19-17-23)43-34(42)24-10-9-11-25(35)20-24/h3-20,31,36-37H,1-2H3. The first-order chi connectivity index (χ1) is 20.8. The lowest BCUT2D eigenvalue weighted by molar-refractivity contribution is 0.0734. The van der Waals surface area contributed by atoms with Crippen LogP contribution in [0, 0.1) is 13.8 Å². The molecule has 8 nitrogen and oxygen atoms in total. The quantitative estimate of drug-likeness (QED) is 0.156. The van der Waals surface area contributed by atoms with E-state index >= 15 is 0 Å². The van der Waals surface area contributed by atoms with Gasteiger partial charge in [-0.2, -0.15) is 0 Å². The minimum atomic E-state index is -0.711. The lowest BCUT2D eigenvalue weighted by Crippen LogP contribution is -2.25. The van der Waals surface area contributed by atoms with E-state index in [2.05, 4.69) is 26.1 Å². The highest BCUT2D eigenvalue weighted by Gasteiger charge is 2.31. The van der Waals surface area contributed by atoms with Gasteiger partial charge >= 0.3 is 5.97 Å². The number of aromatic nitrogens is 4. The van der Waals surface area contributed by atoms with E-state index in [1.54, 1.807) is 42.5 Å². The molecule has 0 aliphatic carbocycles. The summed E-state index contributed by atoms with van der Waals surface area (Å²) < 4.78 is 9.37. The lowest BCUT2D eigenvalue weighted by atomic mass is 9.85. The van der Waals surface area contributed by atoms with Crippen LogP contribution >= 0.6 is 15.9 Å². The van der Waals surface area contributed by atoms with Crippen LogP contribution in [-0.4, -0.2) is 25.5 Å². The molecule has 43 heavy (non-hydrogen) atoms. The Morgan fingerprint density at radius 3 is 1.70 bits per heavy atom. The smallest absolute Gasteiger partial charge is 0.343 e. The molecule has 0 saturated heterocycles. The average Bonchev–Trinajstić information content (AvgIpc) is 3.49. The number of aryl methyl sites for hydroxylation is 2. The van der Waals surface area contributed by atoms with E-state index in [1.165, 1.54) is 9.36 Å². The van der Waals surface area contributed by atoms with Crippen LogP contribution in [0.1, 0.15) is 44.4 Å². The summed E-state index contributed by atoms with van der Waals surface area (Å²) >= 11 is 3.37. The van der Waals surface area contributed by atoms with Gasteiger partial charge in [0.15, 0.2) is 0 Å². The van der Waals surface area contributed by atoms with Crippen LogP contribution in [0.4, 0.5) is 0 Å². The van der Waals surface area contributed by atoms with Crippen molar-refractivity contribution in [3.8, 4) is 17.1 Å². The van der Waals surface area contributed by atoms with Crippen molar-refractivity contribution in [3.63, 3.8) is 0 Å². The molecule has 0 unspecified atom stereocenters. The van der Waals surface area contributed by atoms with E-state index < -0.39 is 11.9 Å². The number of carbonyl (C=O) groups excluding carboxylic acids is 1. The number of carbonyl (C=O) groups is 1. The molecular weight excluding hydrogens is 608 g/mol. The number of esters is 1. The van der Waals surface area contributed by atoms with Gasteiger partial charge in [0.2, 0.25) is 0 Å². The summed E-state index contributed by atoms with van der Waals surface area (Å²) in [6, 6.07) is 32.4. The number of nitrogens with zero attached hydrogens (tertiary/aromatic N) is 2. The van der Waals surface area contributed by atoms with Crippen LogP contribution in [-0.2, 0) is 0 Å². The number of ether oxygens (including phenoxy) is 1. The fourth-order valence-electron chi connectivity index (χ4n) is 5.30. The number of rotatable bonds is 7. The zero-order chi connectivity index (χ0) is 30.1. The summed E-state index contributed by atoms with van der Waals surface area (Å²) in [5.74, 6) is -0.866. The second-order valence-electron chi connectivity index (χ2n) is 10.2. The zero-order valence-corrected chi connectivity index (χ0v) is 25.0. The van der Waals surface area contributed by atoms with Gasteiger partial charge in [0.25, 0.3) is 11.1 Å². The van der Waals surface area contributed by atoms with Crippen LogP contribution in [0.25, 0.3) is 11.4 Å². The number of halogens is 1. The number of nitrogens with one attached hydrogen (secondary N) is 2. The molecule has 0 amide bonds. The summed E-state index contributed by atoms with van der Waals surface area (Å²) in [7, 11) is 0. The molecule has 2 heterocycles. The van der Waals surface area contributed by atoms with Crippen molar-refractivity contribution in [1.29, 1.82) is 0 Å². The third-order valence-corrected chi connectivity index (χ3v) is 7.82. The van der Waals surface area contributed by atoms with Gasteiger partial charge in [-0.25, -0.2) is 14.2 Å². The average molecular weight is 636 g/mol. The first-order valence-corrected chi connectivity index (χ1v) is 14.4. The topological polar surface area (TPSA) is 102 Å². The van der Waals surface area contributed by atoms with Crippen molar-refractivity contribution in [3.05, 3.63) is 168 Å². The van der Waals surface area contributed by atoms with E-state index in [-0.39, 0.29) is 11.1 Å². The Morgan fingerprint density at radius 1 is 0.698 bits per heavy atom. The Balaban J connectivity index is 1.47. The molecule has 0 fully saturated rings. The zero-order valence-electron chi connectivity index (χ0n) is 23.4. The maximum absolute atomic E-state index is 14.0. The van der Waals surface area contributed by atoms with Crippen molar-refractivity contribution in [2.45, 2.75) is 19.8 Å². The van der Waals surface area contributed by atoms with E-state index in [4.69, 9.17) is 4.74 Å². The van der Waals surface area contributed by atoms with E-state index in [0.29, 0.717) is 50.8 Å². The van der Waals surface area contributed by atoms with E-state index in [0.717, 1.165) is 4.47 Å². The van der Waals surface area contributed by atoms with Gasteiger partial charge in [-0.05, 0) is 74.0 Å². The van der Waals surface area contributed by atoms with Gasteiger partial charge in [0.05, 0.1) is 28.1 Å². The number of hydrogen-bond donors (Lipinski definition) is 2. The Morgan fingerprint density at radius 2 is 1.21 bits per heavy atom. The second kappa shape index (κ2) is 11.6. The van der Waals surface area contributed by atoms with Crippen molar-refractivity contribution < 1.29 is 9.53 Å². The van der Waals surface area contributed by atoms with Crippen molar-refractivity contribution >= 4 is 21.9 Å². The number of hydrogen-bond acceptors (Lipinski definition) is 4. The monoisotopic (exact) mass is 634 g/mol. The van der Waals surface area contributed by atoms with E-state index in [9.17, 15) is 14.4 Å². The third kappa shape index (κ3) is 5.42. The van der Waals surface area contributed by atoms with Gasteiger partial charge < -0.3 is 4.74 Å². The van der Waals surface area contributed by atoms with Crippen LogP contribution in [0.3, 0.4) is 0 Å². The van der Waals surface area contributed by atoms with Crippen molar-refractivity contribution in [2.24, 2.45) is 0 Å². The first kappa shape index (κ1) is 28.0. The van der Waals surface area contributed by atoms with E-state index in [1.807, 2.05) is 80.6 Å². The number of aromatic amines is 2. The molecule has 0 atom stereocenters. The van der Waals surface area contributed by atoms with Gasteiger partial charge in [0.1, 0.15) is 5.75 Å². The van der Waals surface area contributed by atoms with Crippen LogP contribution in [0.15, 0.2) is 123 Å². The SMILES string of the molecule is Cc1[nH]n(-c2ccccc2)c(=O)c1C(c1ccc(OC(=O)c2cccc(Br)c2)cc1)c1c(C)[nH]n(-c2ccccc2)c1=O. The summed E-state index contributed by atoms with van der Waals surface area (Å²) in [5, 5.41) is 6.40. The second-order valence-corrected chi connectivity index (χ2v) is 11.1. The predicted molar refractivity (Wildman–Crippen MR) is 169 cm³/mol. The number of para-hydroxylation sites is 2. The molecule has 6 aromatic rings. The maximum Gasteiger partial charge on any atom is 0.343 e. The molecule has 0 radical (unpaired) electrons. The number of H-pyrrole nitrogens is 2. The van der Waals surface area contributed by atoms with Crippen molar-refractivity contribution in [1.82, 2.24) is 19.6 Å². The van der Waals surface area contributed by atoms with Gasteiger partial charge in [-0.3, -0.25) is 19.8 Å². The molecule has 2 aromatic heterocycles. The van der Waals surface area contributed by atoms with Gasteiger partial charge in [0, 0.05) is 21.8 Å². The fraction of sp³-hybridized carbons (Fsp3) is 0.0882. The van der Waals surface area contributed by atoms with Crippen LogP contribution in [0.5, 0.6) is 5.75 Å². The third-order valence-electron chi connectivity index (χ3n) is 7.32. The normalized spacial score (nSPS) is 11.2. The van der Waals surface area contributed by atoms with Crippen LogP contribution < -0.4 is 15.9 Å². The summed E-state index contributed by atoms with van der Waals surface area (Å²) in [6.45, 7) is 3.66. The molecule has 6 rings (SSSR count). The minimum absolute atomic E-state index is 0.259. The Kier molecular flexibility index (Phi) is 7.56. The highest BCUT2D eigenvalue weighted by Crippen LogP contribution is 2.33. The Bertz CT molecular complexity index is 1940. The molecule has 0 aliphatic heterocycles. The molecule has 0 spiro atoms. The molecule has 2 N–H and O–H groups in total. The number of benzene rings is 4. The summed E-state index contributed by atoms with van der Waals surface area (Å²) in [6.07, 6.45) is 0. The summed E-state index contributed by atoms with van der Waals surface area (Å²) in [4.78, 5) is 40.8. The highest BCUT2D eigenvalue weighted by molar-refractivity contribution is 9.10. The highest BCUT2D eigenvalue weighted by atomic mass is 79.9. The minimum Gasteiger partial charge on any atom is -0.423 e. The molecular formula is C34H27BrN4O4. The van der Waals surface area contributed by atoms with Gasteiger partial charge in [-0.15, -0.1) is 0 Å². The summed E-state index contributed by atoms with van der Waals surface area (Å²) in [5.41, 5.74) is 4.11. The molecule has 0 bridgehead atoms. The Hall–Kier alpha value is -5.15. The van der Waals surface area contributed by atoms with Crippen LogP contribution in [0.2, 0.25) is 0 Å². The predicted octanol–water partition coefficient (Wildman–Crippen LogP) is 6.42. The molecule has 0 saturated carbocycles. The lowest BCUT2D eigenvalue weighted by Gasteiger charge is -2.16. The largest absolute Gasteiger partial charge is 0.423 e. The molecule has 0 aliphatic rings. The van der Waals surface area contributed by atoms with Gasteiger partial charge in [-0.1, -0.05) is 70.5 Å². The molecule has 9 heteroatoms. The molecule has 4 aromatic carbocycles. The first-order valence-electron chi connectivity index (χ1n) is 13.6. The molecule has 214 valence electrons.